The fraction of sp³-hybridized carbons (Fsp3) is 0.280. The van der Waals surface area contributed by atoms with Gasteiger partial charge in [0.25, 0.3) is 0 Å². The molecule has 1 aliphatic carbocycles. The first-order valence-corrected chi connectivity index (χ1v) is 10.7. The molecule has 1 amide bonds. The summed E-state index contributed by atoms with van der Waals surface area (Å²) in [6.07, 6.45) is -2.40. The van der Waals surface area contributed by atoms with Crippen molar-refractivity contribution in [3.63, 3.8) is 0 Å². The number of aliphatic hydroxyl groups is 3. The number of nitrogens with zero attached hydrogens (tertiary/aromatic N) is 1. The number of aliphatic hydroxyl groups excluding tert-OH is 3. The second kappa shape index (κ2) is 9.58. The number of hydrogen-bond acceptors (Lipinski definition) is 7. The van der Waals surface area contributed by atoms with Crippen molar-refractivity contribution in [1.29, 1.82) is 0 Å². The molecule has 1 heterocycles. The van der Waals surface area contributed by atoms with Crippen LogP contribution in [0.3, 0.4) is 0 Å². The molecule has 0 saturated heterocycles. The smallest absolute Gasteiger partial charge is 0.407 e. The Morgan fingerprint density at radius 3 is 2.30 bits per heavy atom. The third kappa shape index (κ3) is 4.41. The summed E-state index contributed by atoms with van der Waals surface area (Å²) in [6.45, 7) is 0.870. The van der Waals surface area contributed by atoms with E-state index in [1.54, 1.807) is 0 Å². The van der Waals surface area contributed by atoms with Gasteiger partial charge in [-0.3, -0.25) is 4.98 Å². The third-order valence-corrected chi connectivity index (χ3v) is 5.99. The van der Waals surface area contributed by atoms with Crippen LogP contribution in [-0.2, 0) is 11.3 Å². The van der Waals surface area contributed by atoms with Crippen molar-refractivity contribution in [2.24, 2.45) is 0 Å². The van der Waals surface area contributed by atoms with Gasteiger partial charge >= 0.3 is 6.09 Å². The summed E-state index contributed by atoms with van der Waals surface area (Å²) >= 11 is 0. The van der Waals surface area contributed by atoms with E-state index in [1.165, 1.54) is 13.1 Å². The molecule has 172 valence electrons. The number of carbonyl (C=O) groups excluding carboxylic acids is 1. The van der Waals surface area contributed by atoms with E-state index in [4.69, 9.17) is 4.74 Å². The molecule has 0 bridgehead atoms. The molecule has 33 heavy (non-hydrogen) atoms. The molecule has 0 aliphatic heterocycles. The predicted octanol–water partition coefficient (Wildman–Crippen LogP) is 2.52. The number of ether oxygens (including phenoxy) is 1. The maximum absolute atomic E-state index is 12.3. The number of aryl methyl sites for hydroxylation is 1. The van der Waals surface area contributed by atoms with Gasteiger partial charge in [-0.2, -0.15) is 0 Å². The van der Waals surface area contributed by atoms with Crippen LogP contribution in [0.2, 0.25) is 0 Å². The van der Waals surface area contributed by atoms with Gasteiger partial charge in [0.05, 0.1) is 12.3 Å². The van der Waals surface area contributed by atoms with Gasteiger partial charge in [0, 0.05) is 29.8 Å². The molecule has 8 heteroatoms. The molecule has 8 nitrogen and oxygen atoms in total. The van der Waals surface area contributed by atoms with E-state index < -0.39 is 24.9 Å². The summed E-state index contributed by atoms with van der Waals surface area (Å²) in [5.41, 5.74) is 4.82. The van der Waals surface area contributed by atoms with Gasteiger partial charge < -0.3 is 30.5 Å². The summed E-state index contributed by atoms with van der Waals surface area (Å²) in [4.78, 5) is 16.2. The van der Waals surface area contributed by atoms with Gasteiger partial charge in [-0.25, -0.2) is 4.79 Å². The van der Waals surface area contributed by atoms with Crippen LogP contribution >= 0.6 is 0 Å². The monoisotopic (exact) mass is 450 g/mol. The number of rotatable bonds is 7. The largest absolute Gasteiger partial charge is 0.506 e. The maximum atomic E-state index is 12.3. The number of pyridine rings is 1. The van der Waals surface area contributed by atoms with Crippen molar-refractivity contribution < 1.29 is 30.0 Å². The zero-order valence-electron chi connectivity index (χ0n) is 18.1. The Hall–Kier alpha value is -3.46. The number of hydrogen-bond donors (Lipinski definition) is 5. The van der Waals surface area contributed by atoms with Gasteiger partial charge in [0.1, 0.15) is 24.6 Å². The average molecular weight is 450 g/mol. The van der Waals surface area contributed by atoms with Crippen LogP contribution in [0.15, 0.2) is 54.7 Å². The summed E-state index contributed by atoms with van der Waals surface area (Å²) in [5, 5.41) is 43.0. The van der Waals surface area contributed by atoms with E-state index >= 15 is 0 Å². The summed E-state index contributed by atoms with van der Waals surface area (Å²) < 4.78 is 5.42. The minimum absolute atomic E-state index is 0.0214. The second-order valence-electron chi connectivity index (χ2n) is 8.01. The number of fused-ring (bicyclic) bond motifs is 3. The highest BCUT2D eigenvalue weighted by atomic mass is 16.5. The first-order chi connectivity index (χ1) is 15.9. The van der Waals surface area contributed by atoms with E-state index in [9.17, 15) is 25.2 Å². The minimum atomic E-state index is -1.54. The van der Waals surface area contributed by atoms with Crippen LogP contribution in [0.1, 0.15) is 40.0 Å². The number of aromatic hydroxyl groups is 1. The maximum Gasteiger partial charge on any atom is 0.407 e. The number of carbonyl (C=O) groups is 1. The lowest BCUT2D eigenvalue weighted by molar-refractivity contribution is 0.0160. The van der Waals surface area contributed by atoms with Crippen LogP contribution < -0.4 is 5.32 Å². The van der Waals surface area contributed by atoms with E-state index in [2.05, 4.69) is 10.3 Å². The van der Waals surface area contributed by atoms with Gasteiger partial charge in [-0.15, -0.1) is 0 Å². The Balaban J connectivity index is 1.38. The highest BCUT2D eigenvalue weighted by molar-refractivity contribution is 5.79. The zero-order chi connectivity index (χ0) is 23.5. The van der Waals surface area contributed by atoms with Gasteiger partial charge in [-0.1, -0.05) is 48.5 Å². The van der Waals surface area contributed by atoms with Crippen LogP contribution in [0, 0.1) is 6.92 Å². The summed E-state index contributed by atoms with van der Waals surface area (Å²) in [5.74, 6) is -0.406. The average Bonchev–Trinajstić information content (AvgIpc) is 3.16. The molecule has 2 atom stereocenters. The lowest BCUT2D eigenvalue weighted by atomic mass is 9.98. The molecule has 3 aromatic rings. The summed E-state index contributed by atoms with van der Waals surface area (Å²) in [6, 6.07) is 16.0. The van der Waals surface area contributed by atoms with E-state index in [-0.39, 0.29) is 41.6 Å². The van der Waals surface area contributed by atoms with E-state index in [0.717, 1.165) is 22.3 Å². The number of nitrogens with one attached hydrogen (secondary N) is 1. The number of alkyl carbamates (subject to hydrolysis) is 1. The quantitative estimate of drug-likeness (QED) is 0.374. The van der Waals surface area contributed by atoms with Crippen LogP contribution in [-0.4, -0.2) is 50.8 Å². The number of aromatic nitrogens is 1. The summed E-state index contributed by atoms with van der Waals surface area (Å²) in [7, 11) is 0. The minimum Gasteiger partial charge on any atom is -0.506 e. The Bertz CT molecular complexity index is 1120. The molecule has 0 fully saturated rings. The number of amides is 1. The lowest BCUT2D eigenvalue weighted by Gasteiger charge is -2.22. The molecule has 4 rings (SSSR count). The standard InChI is InChI=1S/C25H26N2O6/c1-14-23(30)22(15(12-28)10-26-14)24(31)21(29)11-27-25(32)33-13-20-18-8-4-2-6-16(18)17-7-3-5-9-19(17)20/h2-10,20-21,24,28-31H,11-13H2,1H3,(H,27,32). The molecule has 1 aromatic heterocycles. The van der Waals surface area contributed by atoms with Gasteiger partial charge in [0.2, 0.25) is 0 Å². The first-order valence-electron chi connectivity index (χ1n) is 10.7. The molecular formula is C25H26N2O6. The molecule has 2 aromatic carbocycles. The second-order valence-corrected chi connectivity index (χ2v) is 8.01. The van der Waals surface area contributed by atoms with Crippen LogP contribution in [0.25, 0.3) is 11.1 Å². The highest BCUT2D eigenvalue weighted by Gasteiger charge is 2.30. The fourth-order valence-corrected chi connectivity index (χ4v) is 4.25. The molecule has 0 saturated carbocycles. The lowest BCUT2D eigenvalue weighted by Crippen LogP contribution is -2.36. The Labute approximate surface area is 191 Å². The predicted molar refractivity (Wildman–Crippen MR) is 121 cm³/mol. The van der Waals surface area contributed by atoms with Crippen molar-refractivity contribution in [2.75, 3.05) is 13.2 Å². The van der Waals surface area contributed by atoms with E-state index in [1.807, 2.05) is 48.5 Å². The topological polar surface area (TPSA) is 132 Å². The molecule has 0 radical (unpaired) electrons. The number of benzene rings is 2. The zero-order valence-corrected chi connectivity index (χ0v) is 18.1. The van der Waals surface area contributed by atoms with Crippen LogP contribution in [0.4, 0.5) is 4.79 Å². The van der Waals surface area contributed by atoms with Gasteiger partial charge in [0.15, 0.2) is 0 Å². The molecule has 2 unspecified atom stereocenters. The Morgan fingerprint density at radius 1 is 1.09 bits per heavy atom. The third-order valence-electron chi connectivity index (χ3n) is 5.99. The molecule has 5 N–H and O–H groups in total. The molecule has 1 aliphatic rings. The normalized spacial score (nSPS) is 14.3. The van der Waals surface area contributed by atoms with Gasteiger partial charge in [-0.05, 0) is 29.2 Å². The Morgan fingerprint density at radius 2 is 1.70 bits per heavy atom. The van der Waals surface area contributed by atoms with Crippen molar-refractivity contribution in [1.82, 2.24) is 10.3 Å². The van der Waals surface area contributed by atoms with Crippen LogP contribution in [0.5, 0.6) is 5.75 Å². The van der Waals surface area contributed by atoms with E-state index in [0.29, 0.717) is 0 Å². The van der Waals surface area contributed by atoms with Crippen molar-refractivity contribution in [3.8, 4) is 16.9 Å². The SMILES string of the molecule is Cc1ncc(CO)c(C(O)C(O)CNC(=O)OCC2c3ccccc3-c3ccccc32)c1O. The molecular weight excluding hydrogens is 424 g/mol. The highest BCUT2D eigenvalue weighted by Crippen LogP contribution is 2.44. The first kappa shape index (κ1) is 22.7. The fourth-order valence-electron chi connectivity index (χ4n) is 4.25. The Kier molecular flexibility index (Phi) is 6.60. The molecule has 0 spiro atoms. The van der Waals surface area contributed by atoms with Crippen molar-refractivity contribution in [2.45, 2.75) is 31.7 Å². The van der Waals surface area contributed by atoms with Crippen molar-refractivity contribution >= 4 is 6.09 Å². The van der Waals surface area contributed by atoms with Crippen molar-refractivity contribution in [3.05, 3.63) is 82.7 Å².